The minimum absolute atomic E-state index is 0.0739. The average molecular weight is 447 g/mol. The molecule has 2 aromatic carbocycles. The number of nitrogens with zero attached hydrogens (tertiary/aromatic N) is 4. The lowest BCUT2D eigenvalue weighted by Crippen LogP contribution is -2.14. The molecular weight excluding hydrogens is 416 g/mol. The molecule has 5 nitrogen and oxygen atoms in total. The number of aryl methyl sites for hydroxylation is 2. The van der Waals surface area contributed by atoms with Crippen molar-refractivity contribution >= 4 is 23.6 Å². The minimum atomic E-state index is 0.0739. The maximum Gasteiger partial charge on any atom is 0.218 e. The van der Waals surface area contributed by atoms with Gasteiger partial charge in [-0.25, -0.2) is 4.99 Å². The van der Waals surface area contributed by atoms with Crippen LogP contribution in [0.25, 0.3) is 11.3 Å². The molecule has 0 aliphatic carbocycles. The molecule has 0 saturated carbocycles. The second-order valence-corrected chi connectivity index (χ2v) is 9.69. The smallest absolute Gasteiger partial charge is 0.218 e. The van der Waals surface area contributed by atoms with Gasteiger partial charge in [0.2, 0.25) is 5.06 Å². The summed E-state index contributed by atoms with van der Waals surface area (Å²) in [5.74, 6) is 0.708. The highest BCUT2D eigenvalue weighted by atomic mass is 32.1. The maximum absolute atomic E-state index is 9.84. The molecule has 0 bridgehead atoms. The number of aromatic nitrogens is 1. The molecule has 0 fully saturated rings. The monoisotopic (exact) mass is 446 g/mol. The van der Waals surface area contributed by atoms with E-state index in [1.807, 2.05) is 56.4 Å². The van der Waals surface area contributed by atoms with Gasteiger partial charge in [0.1, 0.15) is 23.1 Å². The lowest BCUT2D eigenvalue weighted by Gasteiger charge is -2.18. The minimum Gasteiger partial charge on any atom is -0.443 e. The first-order chi connectivity index (χ1) is 15.1. The van der Waals surface area contributed by atoms with Gasteiger partial charge in [-0.2, -0.15) is 9.64 Å². The Labute approximate surface area is 195 Å². The Bertz CT molecular complexity index is 1160. The quantitative estimate of drug-likeness (QED) is 0.302. The molecule has 1 heterocycles. The Morgan fingerprint density at radius 1 is 1.16 bits per heavy atom. The van der Waals surface area contributed by atoms with E-state index in [2.05, 4.69) is 55.3 Å². The molecule has 166 valence electrons. The first-order valence-electron chi connectivity index (χ1n) is 10.7. The van der Waals surface area contributed by atoms with E-state index in [9.17, 15) is 5.26 Å². The summed E-state index contributed by atoms with van der Waals surface area (Å²) in [5.41, 5.74) is 6.21. The molecule has 0 aliphatic heterocycles. The zero-order chi connectivity index (χ0) is 23.5. The molecule has 0 atom stereocenters. The zero-order valence-corrected chi connectivity index (χ0v) is 20.7. The summed E-state index contributed by atoms with van der Waals surface area (Å²) in [4.78, 5) is 6.59. The van der Waals surface area contributed by atoms with Gasteiger partial charge in [0, 0.05) is 30.7 Å². The number of rotatable bonds is 6. The van der Waals surface area contributed by atoms with Crippen LogP contribution in [0.4, 0.5) is 5.69 Å². The predicted molar refractivity (Wildman–Crippen MR) is 133 cm³/mol. The lowest BCUT2D eigenvalue weighted by atomic mass is 9.86. The molecule has 32 heavy (non-hydrogen) atoms. The topological polar surface area (TPSA) is 61.5 Å². The van der Waals surface area contributed by atoms with E-state index < -0.39 is 0 Å². The molecule has 0 amide bonds. The van der Waals surface area contributed by atoms with Crippen molar-refractivity contribution in [2.75, 3.05) is 13.6 Å². The summed E-state index contributed by atoms with van der Waals surface area (Å²) in [6.45, 7) is 13.5. The fraction of sp³-hybridized carbons (Fsp3) is 0.346. The number of hydrogen-bond acceptors (Lipinski definition) is 5. The molecule has 0 radical (unpaired) electrons. The summed E-state index contributed by atoms with van der Waals surface area (Å²) >= 11 is 1.21. The summed E-state index contributed by atoms with van der Waals surface area (Å²) in [7, 11) is 1.99. The lowest BCUT2D eigenvalue weighted by molar-refractivity contribution is 0.491. The van der Waals surface area contributed by atoms with Crippen LogP contribution in [0, 0.1) is 25.2 Å². The number of aliphatic imine (C=N–C) groups is 1. The molecule has 6 heteroatoms. The number of benzene rings is 2. The van der Waals surface area contributed by atoms with Crippen molar-refractivity contribution in [3.05, 3.63) is 58.7 Å². The molecule has 0 spiro atoms. The fourth-order valence-corrected chi connectivity index (χ4v) is 3.87. The predicted octanol–water partition coefficient (Wildman–Crippen LogP) is 7.00. The van der Waals surface area contributed by atoms with Gasteiger partial charge in [0.15, 0.2) is 0 Å². The van der Waals surface area contributed by atoms with Crippen LogP contribution in [0.1, 0.15) is 49.9 Å². The maximum atomic E-state index is 9.84. The molecule has 0 saturated heterocycles. The van der Waals surface area contributed by atoms with Crippen molar-refractivity contribution in [3.63, 3.8) is 0 Å². The van der Waals surface area contributed by atoms with Crippen molar-refractivity contribution < 1.29 is 4.74 Å². The zero-order valence-electron chi connectivity index (χ0n) is 19.9. The van der Waals surface area contributed by atoms with Crippen LogP contribution in [0.2, 0.25) is 0 Å². The van der Waals surface area contributed by atoms with Crippen molar-refractivity contribution in [1.29, 1.82) is 5.26 Å². The third-order valence-electron chi connectivity index (χ3n) is 5.39. The summed E-state index contributed by atoms with van der Waals surface area (Å²) in [6.07, 6.45) is 1.83. The Hall–Kier alpha value is -3.17. The second kappa shape index (κ2) is 9.54. The van der Waals surface area contributed by atoms with E-state index >= 15 is 0 Å². The highest BCUT2D eigenvalue weighted by Crippen LogP contribution is 2.39. The second-order valence-electron chi connectivity index (χ2n) is 8.96. The molecule has 0 N–H and O–H groups in total. The Kier molecular flexibility index (Phi) is 7.00. The first kappa shape index (κ1) is 23.5. The van der Waals surface area contributed by atoms with E-state index in [0.717, 1.165) is 28.9 Å². The first-order valence-corrected chi connectivity index (χ1v) is 11.5. The Morgan fingerprint density at radius 2 is 1.84 bits per heavy atom. The average Bonchev–Trinajstić information content (AvgIpc) is 3.16. The van der Waals surface area contributed by atoms with Crippen molar-refractivity contribution in [2.24, 2.45) is 4.99 Å². The van der Waals surface area contributed by atoms with E-state index in [-0.39, 0.29) is 5.41 Å². The van der Waals surface area contributed by atoms with Gasteiger partial charge in [0.05, 0.1) is 12.0 Å². The van der Waals surface area contributed by atoms with Gasteiger partial charge in [-0.1, -0.05) is 45.0 Å². The van der Waals surface area contributed by atoms with Gasteiger partial charge in [-0.15, -0.1) is 0 Å². The van der Waals surface area contributed by atoms with E-state index in [1.54, 1.807) is 0 Å². The van der Waals surface area contributed by atoms with E-state index in [4.69, 9.17) is 4.74 Å². The fourth-order valence-electron chi connectivity index (χ4n) is 3.13. The van der Waals surface area contributed by atoms with Crippen LogP contribution in [0.3, 0.4) is 0 Å². The van der Waals surface area contributed by atoms with Crippen LogP contribution in [0.5, 0.6) is 10.8 Å². The van der Waals surface area contributed by atoms with Crippen LogP contribution in [-0.4, -0.2) is 29.2 Å². The van der Waals surface area contributed by atoms with Crippen molar-refractivity contribution in [3.8, 4) is 28.1 Å². The standard InChI is InChI=1S/C26H30N4OS/c1-8-30(7)16-28-22-13-18(3)23(14-17(22)2)31-25-21(15-27)24(29-32-25)19-9-11-20(12-10-19)26(4,5)6/h9-14,16H,8H2,1-7H3/b28-16-. The largest absolute Gasteiger partial charge is 0.443 e. The SMILES string of the molecule is CCN(C)/C=N\c1cc(C)c(Oc2snc(-c3ccc(C(C)(C)C)cc3)c2C#N)cc1C. The van der Waals surface area contributed by atoms with Crippen LogP contribution in [-0.2, 0) is 5.41 Å². The van der Waals surface area contributed by atoms with Gasteiger partial charge in [0.25, 0.3) is 0 Å². The van der Waals surface area contributed by atoms with Gasteiger partial charge < -0.3 is 9.64 Å². The summed E-state index contributed by atoms with van der Waals surface area (Å²) in [6, 6.07) is 14.5. The Morgan fingerprint density at radius 3 is 2.44 bits per heavy atom. The third-order valence-corrected chi connectivity index (χ3v) is 6.11. The van der Waals surface area contributed by atoms with Crippen molar-refractivity contribution in [2.45, 2.75) is 47.0 Å². The van der Waals surface area contributed by atoms with Crippen LogP contribution >= 0.6 is 11.5 Å². The van der Waals surface area contributed by atoms with Gasteiger partial charge in [-0.3, -0.25) is 0 Å². The number of ether oxygens (including phenoxy) is 1. The highest BCUT2D eigenvalue weighted by Gasteiger charge is 2.20. The number of hydrogen-bond donors (Lipinski definition) is 0. The van der Waals surface area contributed by atoms with E-state index in [0.29, 0.717) is 22.1 Å². The molecule has 3 aromatic rings. The molecule has 0 unspecified atom stereocenters. The highest BCUT2D eigenvalue weighted by molar-refractivity contribution is 7.08. The van der Waals surface area contributed by atoms with Gasteiger partial charge in [-0.05, 0) is 55.0 Å². The molecule has 1 aromatic heterocycles. The van der Waals surface area contributed by atoms with E-state index in [1.165, 1.54) is 17.1 Å². The van der Waals surface area contributed by atoms with Crippen LogP contribution in [0.15, 0.2) is 41.4 Å². The normalized spacial score (nSPS) is 11.6. The van der Waals surface area contributed by atoms with Crippen molar-refractivity contribution in [1.82, 2.24) is 9.27 Å². The summed E-state index contributed by atoms with van der Waals surface area (Å²) < 4.78 is 10.7. The van der Waals surface area contributed by atoms with Crippen LogP contribution < -0.4 is 4.74 Å². The summed E-state index contributed by atoms with van der Waals surface area (Å²) in [5, 5.41) is 10.3. The third kappa shape index (κ3) is 5.17. The molecule has 3 rings (SSSR count). The molecular formula is C26H30N4OS. The Balaban J connectivity index is 1.89. The molecule has 0 aliphatic rings. The van der Waals surface area contributed by atoms with Gasteiger partial charge >= 0.3 is 0 Å². The number of nitriles is 1.